The molecule has 1 saturated heterocycles. The van der Waals surface area contributed by atoms with Gasteiger partial charge in [-0.15, -0.1) is 0 Å². The summed E-state index contributed by atoms with van der Waals surface area (Å²) in [5.74, 6) is 1.07. The zero-order chi connectivity index (χ0) is 13.7. The number of carbonyl (C=O) groups is 1. The van der Waals surface area contributed by atoms with Crippen LogP contribution in [-0.4, -0.2) is 47.5 Å². The minimum Gasteiger partial charge on any atom is -0.481 e. The van der Waals surface area contributed by atoms with Crippen molar-refractivity contribution in [2.24, 2.45) is 0 Å². The van der Waals surface area contributed by atoms with Crippen molar-refractivity contribution in [2.75, 3.05) is 37.8 Å². The number of hydrogen-bond acceptors (Lipinski definition) is 6. The van der Waals surface area contributed by atoms with Crippen molar-refractivity contribution in [1.82, 2.24) is 14.9 Å². The summed E-state index contributed by atoms with van der Waals surface area (Å²) in [5.41, 5.74) is 5.55. The smallest absolute Gasteiger partial charge is 0.241 e. The van der Waals surface area contributed by atoms with Crippen molar-refractivity contribution in [3.63, 3.8) is 0 Å². The molecule has 2 rings (SSSR count). The Bertz CT molecular complexity index is 446. The summed E-state index contributed by atoms with van der Waals surface area (Å²) in [6.07, 6.45) is 3.37. The number of aromatic nitrogens is 2. The van der Waals surface area contributed by atoms with Gasteiger partial charge in [0.2, 0.25) is 17.7 Å². The molecule has 1 fully saturated rings. The SMILES string of the molecule is COc1cc(NCC(=O)N2CCCCC2)nc(N)n1. The zero-order valence-electron chi connectivity index (χ0n) is 11.1. The van der Waals surface area contributed by atoms with Crippen molar-refractivity contribution < 1.29 is 9.53 Å². The van der Waals surface area contributed by atoms with Gasteiger partial charge in [-0.1, -0.05) is 0 Å². The first-order valence-corrected chi connectivity index (χ1v) is 6.39. The highest BCUT2D eigenvalue weighted by Crippen LogP contribution is 2.14. The highest BCUT2D eigenvalue weighted by atomic mass is 16.5. The molecule has 1 aromatic rings. The summed E-state index contributed by atoms with van der Waals surface area (Å²) in [6.45, 7) is 1.89. The normalized spacial score (nSPS) is 15.1. The maximum atomic E-state index is 12.0. The Morgan fingerprint density at radius 3 is 2.84 bits per heavy atom. The van der Waals surface area contributed by atoms with E-state index in [1.807, 2.05) is 4.90 Å². The maximum Gasteiger partial charge on any atom is 0.241 e. The third-order valence-electron chi connectivity index (χ3n) is 3.06. The molecule has 2 heterocycles. The predicted octanol–water partition coefficient (Wildman–Crippen LogP) is 0.492. The number of piperidine rings is 1. The van der Waals surface area contributed by atoms with Gasteiger partial charge in [0, 0.05) is 19.2 Å². The molecule has 1 aliphatic rings. The van der Waals surface area contributed by atoms with Gasteiger partial charge < -0.3 is 20.7 Å². The molecule has 1 aromatic heterocycles. The van der Waals surface area contributed by atoms with Gasteiger partial charge in [0.1, 0.15) is 5.82 Å². The van der Waals surface area contributed by atoms with Gasteiger partial charge in [0.15, 0.2) is 0 Å². The summed E-state index contributed by atoms with van der Waals surface area (Å²) in [7, 11) is 1.50. The zero-order valence-corrected chi connectivity index (χ0v) is 11.1. The fourth-order valence-electron chi connectivity index (χ4n) is 2.06. The third-order valence-corrected chi connectivity index (χ3v) is 3.06. The first-order chi connectivity index (χ1) is 9.19. The van der Waals surface area contributed by atoms with E-state index in [-0.39, 0.29) is 18.4 Å². The van der Waals surface area contributed by atoms with Crippen LogP contribution in [0.25, 0.3) is 0 Å². The topological polar surface area (TPSA) is 93.4 Å². The second-order valence-electron chi connectivity index (χ2n) is 4.45. The molecule has 0 bridgehead atoms. The van der Waals surface area contributed by atoms with Crippen LogP contribution in [0.5, 0.6) is 5.88 Å². The van der Waals surface area contributed by atoms with Crippen LogP contribution >= 0.6 is 0 Å². The monoisotopic (exact) mass is 265 g/mol. The minimum atomic E-state index is 0.0795. The van der Waals surface area contributed by atoms with Gasteiger partial charge in [-0.25, -0.2) is 0 Å². The molecule has 1 amide bonds. The summed E-state index contributed by atoms with van der Waals surface area (Å²) >= 11 is 0. The van der Waals surface area contributed by atoms with Crippen molar-refractivity contribution in [3.8, 4) is 5.88 Å². The van der Waals surface area contributed by atoms with E-state index in [1.165, 1.54) is 13.5 Å². The van der Waals surface area contributed by atoms with E-state index in [1.54, 1.807) is 6.07 Å². The van der Waals surface area contributed by atoms with Crippen molar-refractivity contribution >= 4 is 17.7 Å². The molecule has 0 spiro atoms. The number of carbonyl (C=O) groups excluding carboxylic acids is 1. The lowest BCUT2D eigenvalue weighted by atomic mass is 10.1. The van der Waals surface area contributed by atoms with Crippen LogP contribution in [-0.2, 0) is 4.79 Å². The maximum absolute atomic E-state index is 12.0. The van der Waals surface area contributed by atoms with Crippen LogP contribution < -0.4 is 15.8 Å². The van der Waals surface area contributed by atoms with E-state index >= 15 is 0 Å². The molecule has 7 heteroatoms. The molecule has 19 heavy (non-hydrogen) atoms. The molecule has 0 saturated carbocycles. The minimum absolute atomic E-state index is 0.0795. The van der Waals surface area contributed by atoms with Crippen molar-refractivity contribution in [2.45, 2.75) is 19.3 Å². The predicted molar refractivity (Wildman–Crippen MR) is 71.9 cm³/mol. The highest BCUT2D eigenvalue weighted by molar-refractivity contribution is 5.80. The second-order valence-corrected chi connectivity index (χ2v) is 4.45. The van der Waals surface area contributed by atoms with E-state index in [4.69, 9.17) is 10.5 Å². The largest absolute Gasteiger partial charge is 0.481 e. The number of amides is 1. The number of nitrogens with zero attached hydrogens (tertiary/aromatic N) is 3. The van der Waals surface area contributed by atoms with Gasteiger partial charge in [-0.2, -0.15) is 9.97 Å². The Kier molecular flexibility index (Phi) is 4.38. The first kappa shape index (κ1) is 13.4. The number of nitrogen functional groups attached to an aromatic ring is 1. The number of nitrogens with one attached hydrogen (secondary N) is 1. The Morgan fingerprint density at radius 2 is 2.16 bits per heavy atom. The lowest BCUT2D eigenvalue weighted by Gasteiger charge is -2.26. The number of hydrogen-bond donors (Lipinski definition) is 2. The molecule has 0 aromatic carbocycles. The molecule has 0 aliphatic carbocycles. The van der Waals surface area contributed by atoms with Crippen molar-refractivity contribution in [1.29, 1.82) is 0 Å². The van der Waals surface area contributed by atoms with E-state index in [2.05, 4.69) is 15.3 Å². The fraction of sp³-hybridized carbons (Fsp3) is 0.583. The summed E-state index contributed by atoms with van der Waals surface area (Å²) in [5, 5.41) is 2.95. The Morgan fingerprint density at radius 1 is 1.42 bits per heavy atom. The summed E-state index contributed by atoms with van der Waals surface area (Å²) in [6, 6.07) is 1.61. The van der Waals surface area contributed by atoms with Gasteiger partial charge in [-0.3, -0.25) is 4.79 Å². The van der Waals surface area contributed by atoms with Gasteiger partial charge in [0.25, 0.3) is 0 Å². The van der Waals surface area contributed by atoms with Crippen LogP contribution in [0.3, 0.4) is 0 Å². The Labute approximate surface area is 112 Å². The van der Waals surface area contributed by atoms with Crippen LogP contribution in [0.1, 0.15) is 19.3 Å². The number of anilines is 2. The molecular weight excluding hydrogens is 246 g/mol. The summed E-state index contributed by atoms with van der Waals surface area (Å²) in [4.78, 5) is 21.7. The van der Waals surface area contributed by atoms with E-state index < -0.39 is 0 Å². The lowest BCUT2D eigenvalue weighted by molar-refractivity contribution is -0.130. The first-order valence-electron chi connectivity index (χ1n) is 6.39. The average Bonchev–Trinajstić information content (AvgIpc) is 2.45. The number of ether oxygens (including phenoxy) is 1. The molecule has 0 radical (unpaired) electrons. The fourth-order valence-corrected chi connectivity index (χ4v) is 2.06. The highest BCUT2D eigenvalue weighted by Gasteiger charge is 2.16. The molecule has 0 unspecified atom stereocenters. The van der Waals surface area contributed by atoms with Crippen molar-refractivity contribution in [3.05, 3.63) is 6.07 Å². The second kappa shape index (κ2) is 6.21. The molecule has 7 nitrogen and oxygen atoms in total. The number of rotatable bonds is 4. The average molecular weight is 265 g/mol. The molecule has 3 N–H and O–H groups in total. The third kappa shape index (κ3) is 3.70. The molecular formula is C12H19N5O2. The Balaban J connectivity index is 1.90. The van der Waals surface area contributed by atoms with Crippen LogP contribution in [0, 0.1) is 0 Å². The van der Waals surface area contributed by atoms with Crippen LogP contribution in [0.4, 0.5) is 11.8 Å². The Hall–Kier alpha value is -2.05. The van der Waals surface area contributed by atoms with Crippen LogP contribution in [0.2, 0.25) is 0 Å². The molecule has 0 atom stereocenters. The quantitative estimate of drug-likeness (QED) is 0.823. The number of methoxy groups -OCH3 is 1. The van der Waals surface area contributed by atoms with E-state index in [9.17, 15) is 4.79 Å². The van der Waals surface area contributed by atoms with E-state index in [0.717, 1.165) is 25.9 Å². The van der Waals surface area contributed by atoms with Gasteiger partial charge in [0.05, 0.1) is 13.7 Å². The van der Waals surface area contributed by atoms with Gasteiger partial charge in [-0.05, 0) is 19.3 Å². The van der Waals surface area contributed by atoms with E-state index in [0.29, 0.717) is 11.7 Å². The lowest BCUT2D eigenvalue weighted by Crippen LogP contribution is -2.39. The molecule has 104 valence electrons. The number of nitrogens with two attached hydrogens (primary N) is 1. The summed E-state index contributed by atoms with van der Waals surface area (Å²) < 4.78 is 4.99. The standard InChI is InChI=1S/C12H19N5O2/c1-19-10-7-9(15-12(13)16-10)14-8-11(18)17-5-3-2-4-6-17/h7H,2-6,8H2,1H3,(H3,13,14,15,16). The number of likely N-dealkylation sites (tertiary alicyclic amines) is 1. The molecule has 1 aliphatic heterocycles. The van der Waals surface area contributed by atoms with Gasteiger partial charge >= 0.3 is 0 Å². The van der Waals surface area contributed by atoms with Crippen LogP contribution in [0.15, 0.2) is 6.07 Å².